The van der Waals surface area contributed by atoms with Crippen molar-refractivity contribution in [1.29, 1.82) is 0 Å². The molecule has 0 radical (unpaired) electrons. The molecule has 0 atom stereocenters. The van der Waals surface area contributed by atoms with E-state index >= 15 is 0 Å². The van der Waals surface area contributed by atoms with Crippen molar-refractivity contribution in [3.05, 3.63) is 80.6 Å². The molecule has 3 aromatic rings. The number of halogens is 1. The van der Waals surface area contributed by atoms with E-state index in [4.69, 9.17) is 0 Å². The van der Waals surface area contributed by atoms with E-state index in [2.05, 4.69) is 15.2 Å². The number of hydrogen-bond acceptors (Lipinski definition) is 6. The van der Waals surface area contributed by atoms with Gasteiger partial charge in [0.15, 0.2) is 0 Å². The molecule has 138 valence electrons. The number of benzene rings is 1. The Balaban J connectivity index is 1.43. The van der Waals surface area contributed by atoms with Crippen LogP contribution in [0.1, 0.15) is 5.56 Å². The molecular weight excluding hydrogens is 347 g/mol. The monoisotopic (exact) mass is 366 g/mol. The second-order valence-electron chi connectivity index (χ2n) is 6.55. The number of nitrogens with one attached hydrogen (secondary N) is 1. The Kier molecular flexibility index (Phi) is 4.58. The molecule has 0 saturated carbocycles. The van der Waals surface area contributed by atoms with Crippen molar-refractivity contribution >= 4 is 17.1 Å². The number of piperazine rings is 1. The fourth-order valence-electron chi connectivity index (χ4n) is 3.38. The van der Waals surface area contributed by atoms with Crippen LogP contribution in [-0.2, 0) is 6.54 Å². The maximum Gasteiger partial charge on any atom is 0.253 e. The van der Waals surface area contributed by atoms with Gasteiger partial charge in [-0.05, 0) is 35.9 Å². The number of hydrogen-bond donors (Lipinski definition) is 1. The van der Waals surface area contributed by atoms with Crippen molar-refractivity contribution in [2.75, 3.05) is 41.3 Å². The highest BCUT2D eigenvalue weighted by molar-refractivity contribution is 5.75. The van der Waals surface area contributed by atoms with Crippen LogP contribution in [0.2, 0.25) is 0 Å². The minimum Gasteiger partial charge on any atom is -0.376 e. The lowest BCUT2D eigenvalue weighted by molar-refractivity contribution is 0.624. The second kappa shape index (κ2) is 7.19. The molecule has 0 aliphatic carbocycles. The van der Waals surface area contributed by atoms with Gasteiger partial charge >= 0.3 is 0 Å². The maximum atomic E-state index is 13.1. The van der Waals surface area contributed by atoms with Crippen LogP contribution in [0.5, 0.6) is 0 Å². The lowest BCUT2D eigenvalue weighted by atomic mass is 10.1. The molecule has 1 aromatic heterocycles. The lowest BCUT2D eigenvalue weighted by Gasteiger charge is -2.38. The Morgan fingerprint density at radius 2 is 1.67 bits per heavy atom. The third-order valence-electron chi connectivity index (χ3n) is 4.86. The third-order valence-corrected chi connectivity index (χ3v) is 4.86. The van der Waals surface area contributed by atoms with Crippen LogP contribution in [0.25, 0.3) is 0 Å². The van der Waals surface area contributed by atoms with Crippen LogP contribution in [0.15, 0.2) is 58.4 Å². The first-order valence-corrected chi connectivity index (χ1v) is 8.85. The molecule has 0 spiro atoms. The van der Waals surface area contributed by atoms with Gasteiger partial charge in [0.25, 0.3) is 10.9 Å². The maximum absolute atomic E-state index is 13.1. The highest BCUT2D eigenvalue weighted by Crippen LogP contribution is 2.24. The number of rotatable bonds is 5. The summed E-state index contributed by atoms with van der Waals surface area (Å²) in [6.45, 7) is 3.10. The van der Waals surface area contributed by atoms with Gasteiger partial charge in [-0.1, -0.05) is 6.07 Å². The molecular formula is C20H19FN4O2. The Labute approximate surface area is 155 Å². The van der Waals surface area contributed by atoms with E-state index < -0.39 is 10.9 Å². The van der Waals surface area contributed by atoms with Gasteiger partial charge in [0, 0.05) is 50.8 Å². The minimum atomic E-state index is -0.463. The van der Waals surface area contributed by atoms with E-state index in [1.165, 1.54) is 12.1 Å². The van der Waals surface area contributed by atoms with Crippen LogP contribution in [0.3, 0.4) is 0 Å². The van der Waals surface area contributed by atoms with E-state index in [1.54, 1.807) is 24.5 Å². The molecule has 1 aliphatic heterocycles. The van der Waals surface area contributed by atoms with Gasteiger partial charge in [-0.15, -0.1) is 0 Å². The van der Waals surface area contributed by atoms with Crippen molar-refractivity contribution in [1.82, 2.24) is 4.98 Å². The Hall–Kier alpha value is -3.22. The van der Waals surface area contributed by atoms with E-state index in [-0.39, 0.29) is 5.82 Å². The largest absolute Gasteiger partial charge is 0.376 e. The summed E-state index contributed by atoms with van der Waals surface area (Å²) in [6.07, 6.45) is 3.41. The average molecular weight is 366 g/mol. The van der Waals surface area contributed by atoms with Gasteiger partial charge in [0.05, 0.1) is 0 Å². The minimum absolute atomic E-state index is 0.259. The van der Waals surface area contributed by atoms with Gasteiger partial charge in [-0.3, -0.25) is 14.6 Å². The first-order chi connectivity index (χ1) is 13.1. The summed E-state index contributed by atoms with van der Waals surface area (Å²) < 4.78 is 13.1. The Morgan fingerprint density at radius 3 is 2.33 bits per heavy atom. The molecule has 1 saturated heterocycles. The number of pyridine rings is 1. The smallest absolute Gasteiger partial charge is 0.253 e. The van der Waals surface area contributed by atoms with Gasteiger partial charge in [-0.2, -0.15) is 0 Å². The molecule has 4 rings (SSSR count). The predicted octanol–water partition coefficient (Wildman–Crippen LogP) is 1.76. The third kappa shape index (κ3) is 3.40. The van der Waals surface area contributed by atoms with Gasteiger partial charge < -0.3 is 15.1 Å². The molecule has 0 amide bonds. The molecule has 0 unspecified atom stereocenters. The Bertz CT molecular complexity index is 989. The van der Waals surface area contributed by atoms with Crippen LogP contribution >= 0.6 is 0 Å². The zero-order chi connectivity index (χ0) is 18.8. The molecule has 6 nitrogen and oxygen atoms in total. The summed E-state index contributed by atoms with van der Waals surface area (Å²) in [6, 6.07) is 10.1. The van der Waals surface area contributed by atoms with Gasteiger partial charge in [0.1, 0.15) is 17.2 Å². The van der Waals surface area contributed by atoms with Crippen molar-refractivity contribution in [2.45, 2.75) is 6.54 Å². The fourth-order valence-corrected chi connectivity index (χ4v) is 3.38. The van der Waals surface area contributed by atoms with Gasteiger partial charge in [0.2, 0.25) is 0 Å². The SMILES string of the molecule is O=c1c(NCc2cccnc2)c(N2CCN(c3ccc(F)cc3)CC2)c1=O. The number of nitrogens with zero attached hydrogens (tertiary/aromatic N) is 3. The highest BCUT2D eigenvalue weighted by Gasteiger charge is 2.28. The van der Waals surface area contributed by atoms with Crippen LogP contribution in [-0.4, -0.2) is 31.2 Å². The molecule has 27 heavy (non-hydrogen) atoms. The van der Waals surface area contributed by atoms with E-state index in [9.17, 15) is 14.0 Å². The van der Waals surface area contributed by atoms with Gasteiger partial charge in [-0.25, -0.2) is 4.39 Å². The predicted molar refractivity (Wildman–Crippen MR) is 104 cm³/mol. The molecule has 7 heteroatoms. The van der Waals surface area contributed by atoms with Crippen molar-refractivity contribution in [2.24, 2.45) is 0 Å². The van der Waals surface area contributed by atoms with Crippen molar-refractivity contribution < 1.29 is 4.39 Å². The zero-order valence-electron chi connectivity index (χ0n) is 14.7. The zero-order valence-corrected chi connectivity index (χ0v) is 14.7. The summed E-state index contributed by atoms with van der Waals surface area (Å²) in [5.74, 6) is -0.259. The summed E-state index contributed by atoms with van der Waals surface area (Å²) in [7, 11) is 0. The Morgan fingerprint density at radius 1 is 0.963 bits per heavy atom. The highest BCUT2D eigenvalue weighted by atomic mass is 19.1. The molecule has 2 heterocycles. The molecule has 1 fully saturated rings. The van der Waals surface area contributed by atoms with Crippen molar-refractivity contribution in [3.8, 4) is 0 Å². The molecule has 2 aromatic carbocycles. The van der Waals surface area contributed by atoms with Crippen LogP contribution in [0.4, 0.5) is 21.5 Å². The quantitative estimate of drug-likeness (QED) is 0.694. The van der Waals surface area contributed by atoms with Crippen LogP contribution in [0, 0.1) is 5.82 Å². The number of anilines is 3. The first kappa shape index (κ1) is 17.2. The standard InChI is InChI=1S/C20H19FN4O2/c21-15-3-5-16(6-4-15)24-8-10-25(11-9-24)18-17(19(26)20(18)27)23-13-14-2-1-7-22-12-14/h1-7,12,23H,8-11,13H2. The topological polar surface area (TPSA) is 65.5 Å². The number of aromatic nitrogens is 1. The lowest BCUT2D eigenvalue weighted by Crippen LogP contribution is -2.51. The summed E-state index contributed by atoms with van der Waals surface area (Å²) >= 11 is 0. The van der Waals surface area contributed by atoms with E-state index in [1.807, 2.05) is 17.0 Å². The average Bonchev–Trinajstić information content (AvgIpc) is 2.72. The summed E-state index contributed by atoms with van der Waals surface area (Å²) in [5.41, 5.74) is 1.86. The second-order valence-corrected chi connectivity index (χ2v) is 6.55. The summed E-state index contributed by atoms with van der Waals surface area (Å²) in [4.78, 5) is 32.3. The fraction of sp³-hybridized carbons (Fsp3) is 0.250. The first-order valence-electron chi connectivity index (χ1n) is 8.85. The van der Waals surface area contributed by atoms with Crippen molar-refractivity contribution in [3.63, 3.8) is 0 Å². The molecule has 1 aliphatic rings. The summed E-state index contributed by atoms with van der Waals surface area (Å²) in [5, 5.41) is 3.08. The van der Waals surface area contributed by atoms with E-state index in [0.717, 1.165) is 11.3 Å². The van der Waals surface area contributed by atoms with Crippen LogP contribution < -0.4 is 26.0 Å². The molecule has 1 N–H and O–H groups in total. The normalized spacial score (nSPS) is 14.6. The van der Waals surface area contributed by atoms with E-state index in [0.29, 0.717) is 44.1 Å². The molecule has 0 bridgehead atoms.